The van der Waals surface area contributed by atoms with E-state index in [9.17, 15) is 9.59 Å². The molecule has 0 fully saturated rings. The second kappa shape index (κ2) is 5.80. The molecule has 1 radical (unpaired) electrons. The monoisotopic (exact) mass is 257 g/mol. The molecule has 0 spiro atoms. The highest BCUT2D eigenvalue weighted by molar-refractivity contribution is 7.13. The second-order valence-corrected chi connectivity index (χ2v) is 3.60. The molecule has 3 N–H and O–H groups in total. The molecule has 1 rings (SSSR count). The molecule has 91 valence electrons. The van der Waals surface area contributed by atoms with E-state index in [1.54, 1.807) is 0 Å². The van der Waals surface area contributed by atoms with Crippen LogP contribution in [0.5, 0.6) is 0 Å². The number of nitrogens with two attached hydrogens (primary N) is 1. The molecule has 0 unspecified atom stereocenters. The summed E-state index contributed by atoms with van der Waals surface area (Å²) in [5, 5.41) is 16.9. The lowest BCUT2D eigenvalue weighted by Crippen LogP contribution is -2.30. The van der Waals surface area contributed by atoms with Crippen LogP contribution in [-0.2, 0) is 14.4 Å². The lowest BCUT2D eigenvalue weighted by atomic mass is 10.3. The Morgan fingerprint density at radius 2 is 2.35 bits per heavy atom. The first-order valence-electron chi connectivity index (χ1n) is 4.30. The highest BCUT2D eigenvalue weighted by atomic mass is 32.1. The summed E-state index contributed by atoms with van der Waals surface area (Å²) >= 11 is 1.12. The Bertz CT molecular complexity index is 456. The van der Waals surface area contributed by atoms with E-state index in [1.807, 2.05) is 0 Å². The summed E-state index contributed by atoms with van der Waals surface area (Å²) in [4.78, 5) is 30.1. The lowest BCUT2D eigenvalue weighted by Gasteiger charge is -2.00. The molecule has 0 bridgehead atoms. The number of carboxylic acids is 1. The first kappa shape index (κ1) is 12.9. The van der Waals surface area contributed by atoms with E-state index >= 15 is 0 Å². The Labute approximate surface area is 100 Å². The summed E-state index contributed by atoms with van der Waals surface area (Å²) in [6.45, 7) is -0.638. The normalized spacial score (nSPS) is 11.0. The van der Waals surface area contributed by atoms with E-state index in [2.05, 4.69) is 20.3 Å². The number of rotatable bonds is 5. The molecule has 0 aliphatic heterocycles. The molecular formula is C8H9N4O4S. The largest absolute Gasteiger partial charge is 0.480 e. The van der Waals surface area contributed by atoms with E-state index in [4.69, 9.17) is 10.8 Å². The van der Waals surface area contributed by atoms with Crippen LogP contribution in [0.2, 0.25) is 0 Å². The van der Waals surface area contributed by atoms with Gasteiger partial charge >= 0.3 is 5.97 Å². The number of carboxylic acid groups (broad SMARTS) is 1. The lowest BCUT2D eigenvalue weighted by molar-refractivity contribution is -0.137. The molecule has 1 amide bonds. The van der Waals surface area contributed by atoms with Crippen molar-refractivity contribution >= 4 is 34.1 Å². The fourth-order valence-corrected chi connectivity index (χ4v) is 1.45. The van der Waals surface area contributed by atoms with Crippen molar-refractivity contribution in [1.29, 1.82) is 0 Å². The Kier molecular flexibility index (Phi) is 4.40. The number of anilines is 1. The van der Waals surface area contributed by atoms with Crippen LogP contribution in [0, 0.1) is 0 Å². The standard InChI is InChI=1S/C8H9N4O4S/c1-16-12-6(4-3-17-8(9)11-4)7(15)10-2-5(13)14/h3H,2H2,1H3,(H2,9,11)(H,13,14). The molecule has 0 aliphatic rings. The van der Waals surface area contributed by atoms with Crippen molar-refractivity contribution in [3.8, 4) is 0 Å². The quantitative estimate of drug-likeness (QED) is 0.529. The van der Waals surface area contributed by atoms with Gasteiger partial charge in [-0.1, -0.05) is 5.16 Å². The van der Waals surface area contributed by atoms with E-state index < -0.39 is 18.4 Å². The smallest absolute Gasteiger partial charge is 0.325 e. The fraction of sp³-hybridized carbons (Fsp3) is 0.250. The van der Waals surface area contributed by atoms with Crippen molar-refractivity contribution < 1.29 is 19.5 Å². The van der Waals surface area contributed by atoms with Gasteiger partial charge in [0.05, 0.1) is 0 Å². The predicted octanol–water partition coefficient (Wildman–Crippen LogP) is -0.709. The summed E-state index contributed by atoms with van der Waals surface area (Å²) in [6.07, 6.45) is 0. The molecule has 0 atom stereocenters. The maximum absolute atomic E-state index is 11.5. The minimum absolute atomic E-state index is 0.179. The summed E-state index contributed by atoms with van der Waals surface area (Å²) in [5.74, 6) is -2.03. The number of hydrogen-bond acceptors (Lipinski definition) is 7. The summed E-state index contributed by atoms with van der Waals surface area (Å²) in [5.41, 5.74) is 5.43. The third kappa shape index (κ3) is 3.72. The zero-order chi connectivity index (χ0) is 12.8. The summed E-state index contributed by atoms with van der Waals surface area (Å²) in [7, 11) is 1.25. The molecule has 8 nitrogen and oxygen atoms in total. The molecule has 17 heavy (non-hydrogen) atoms. The van der Waals surface area contributed by atoms with Gasteiger partial charge in [0.25, 0.3) is 5.91 Å². The molecule has 0 aliphatic carbocycles. The van der Waals surface area contributed by atoms with Gasteiger partial charge in [0.15, 0.2) is 10.8 Å². The zero-order valence-electron chi connectivity index (χ0n) is 8.78. The van der Waals surface area contributed by atoms with Gasteiger partial charge in [-0.25, -0.2) is 10.3 Å². The number of nitrogens with zero attached hydrogens (tertiary/aromatic N) is 3. The number of aromatic nitrogens is 1. The topological polar surface area (TPSA) is 129 Å². The fourth-order valence-electron chi connectivity index (χ4n) is 0.897. The second-order valence-electron chi connectivity index (χ2n) is 2.71. The third-order valence-corrected chi connectivity index (χ3v) is 2.18. The number of oxime groups is 1. The third-order valence-electron chi connectivity index (χ3n) is 1.51. The molecule has 1 aromatic rings. The number of hydrogen-bond donors (Lipinski definition) is 2. The molecule has 1 heterocycles. The number of amides is 1. The van der Waals surface area contributed by atoms with Crippen LogP contribution in [0.15, 0.2) is 10.5 Å². The minimum atomic E-state index is -1.21. The number of carbonyl (C=O) groups excluding carboxylic acids is 1. The number of nitrogen functional groups attached to an aromatic ring is 1. The van der Waals surface area contributed by atoms with Gasteiger partial charge in [0.1, 0.15) is 19.3 Å². The van der Waals surface area contributed by atoms with Crippen LogP contribution in [0.3, 0.4) is 0 Å². The molecule has 1 aromatic heterocycles. The SMILES string of the molecule is CON=C(C(=O)[N]CC(=O)O)c1csc(N)n1. The Morgan fingerprint density at radius 1 is 1.65 bits per heavy atom. The van der Waals surface area contributed by atoms with Crippen molar-refractivity contribution in [1.82, 2.24) is 10.3 Å². The van der Waals surface area contributed by atoms with Crippen LogP contribution in [0.1, 0.15) is 5.69 Å². The van der Waals surface area contributed by atoms with Crippen LogP contribution in [0.25, 0.3) is 0 Å². The van der Waals surface area contributed by atoms with Crippen LogP contribution in [0.4, 0.5) is 5.13 Å². The van der Waals surface area contributed by atoms with Crippen LogP contribution >= 0.6 is 11.3 Å². The molecule has 9 heteroatoms. The maximum Gasteiger partial charge on any atom is 0.325 e. The van der Waals surface area contributed by atoms with Crippen LogP contribution in [-0.4, -0.2) is 41.3 Å². The first-order valence-corrected chi connectivity index (χ1v) is 5.18. The number of aliphatic carboxylic acids is 1. The molecule has 0 aromatic carbocycles. The van der Waals surface area contributed by atoms with E-state index in [1.165, 1.54) is 12.5 Å². The number of carbonyl (C=O) groups is 2. The van der Waals surface area contributed by atoms with Gasteiger partial charge in [0, 0.05) is 5.38 Å². The first-order chi connectivity index (χ1) is 8.04. The summed E-state index contributed by atoms with van der Waals surface area (Å²) < 4.78 is 0. The van der Waals surface area contributed by atoms with Crippen molar-refractivity contribution in [2.45, 2.75) is 0 Å². The van der Waals surface area contributed by atoms with Gasteiger partial charge in [-0.2, -0.15) is 0 Å². The van der Waals surface area contributed by atoms with Gasteiger partial charge < -0.3 is 15.7 Å². The van der Waals surface area contributed by atoms with Crippen molar-refractivity contribution in [2.75, 3.05) is 19.4 Å². The van der Waals surface area contributed by atoms with E-state index in [-0.39, 0.29) is 16.5 Å². The Morgan fingerprint density at radius 3 is 2.82 bits per heavy atom. The Balaban J connectivity index is 2.83. The van der Waals surface area contributed by atoms with Gasteiger partial charge in [-0.05, 0) is 0 Å². The predicted molar refractivity (Wildman–Crippen MR) is 59.7 cm³/mol. The van der Waals surface area contributed by atoms with Gasteiger partial charge in [0.2, 0.25) is 0 Å². The van der Waals surface area contributed by atoms with Crippen molar-refractivity contribution in [2.24, 2.45) is 5.16 Å². The van der Waals surface area contributed by atoms with Gasteiger partial charge in [-0.15, -0.1) is 11.3 Å². The van der Waals surface area contributed by atoms with E-state index in [0.717, 1.165) is 11.3 Å². The summed E-state index contributed by atoms with van der Waals surface area (Å²) in [6, 6.07) is 0. The minimum Gasteiger partial charge on any atom is -0.480 e. The van der Waals surface area contributed by atoms with E-state index in [0.29, 0.717) is 0 Å². The highest BCUT2D eigenvalue weighted by Crippen LogP contribution is 2.12. The zero-order valence-corrected chi connectivity index (χ0v) is 9.60. The van der Waals surface area contributed by atoms with Crippen LogP contribution < -0.4 is 11.1 Å². The molecular weight excluding hydrogens is 248 g/mol. The molecule has 0 saturated heterocycles. The number of thiazole rings is 1. The van der Waals surface area contributed by atoms with Gasteiger partial charge in [-0.3, -0.25) is 9.59 Å². The Hall–Kier alpha value is -2.16. The van der Waals surface area contributed by atoms with Crippen molar-refractivity contribution in [3.05, 3.63) is 11.1 Å². The highest BCUT2D eigenvalue weighted by Gasteiger charge is 2.20. The maximum atomic E-state index is 11.5. The van der Waals surface area contributed by atoms with Crippen molar-refractivity contribution in [3.63, 3.8) is 0 Å². The average molecular weight is 257 g/mol. The average Bonchev–Trinajstić information content (AvgIpc) is 2.69. The molecule has 0 saturated carbocycles.